The zero-order valence-electron chi connectivity index (χ0n) is 18.2. The van der Waals surface area contributed by atoms with Crippen LogP contribution in [0.1, 0.15) is 11.3 Å². The fourth-order valence-electron chi connectivity index (χ4n) is 3.36. The minimum absolute atomic E-state index is 0.0299. The lowest BCUT2D eigenvalue weighted by molar-refractivity contribution is -0.140. The van der Waals surface area contributed by atoms with Gasteiger partial charge in [0.25, 0.3) is 0 Å². The Balaban J connectivity index is 1.61. The number of hydrogen-bond donors (Lipinski definition) is 2. The van der Waals surface area contributed by atoms with Crippen LogP contribution in [0.25, 0.3) is 11.0 Å². The molecule has 0 bridgehead atoms. The van der Waals surface area contributed by atoms with Gasteiger partial charge in [-0.3, -0.25) is 9.78 Å². The number of carbonyl (C=O) groups excluding carboxylic acids is 1. The molecule has 2 heterocycles. The summed E-state index contributed by atoms with van der Waals surface area (Å²) < 4.78 is 74.1. The third-order valence-electron chi connectivity index (χ3n) is 5.09. The van der Waals surface area contributed by atoms with Gasteiger partial charge in [-0.1, -0.05) is 0 Å². The standard InChI is InChI=1S/C23H18F5N5O2/c1-33-21-3-2-14(35-15-4-5-30-12(7-15)6-13(34)11-29)8-20(21)32-22(33)31-19-9-16(23(26,27)28)17(24)10-18(19)25/h2-5,7-10H,6,11,29H2,1H3,(H,31,32). The van der Waals surface area contributed by atoms with Gasteiger partial charge in [-0.05, 0) is 24.3 Å². The number of nitrogens with one attached hydrogen (secondary N) is 1. The molecule has 0 unspecified atom stereocenters. The zero-order chi connectivity index (χ0) is 25.3. The number of ketones is 1. The molecule has 0 aliphatic carbocycles. The van der Waals surface area contributed by atoms with Crippen molar-refractivity contribution in [1.29, 1.82) is 0 Å². The molecule has 12 heteroatoms. The molecular formula is C23H18F5N5O2. The summed E-state index contributed by atoms with van der Waals surface area (Å²) in [7, 11) is 1.58. The Morgan fingerprint density at radius 2 is 1.83 bits per heavy atom. The predicted octanol–water partition coefficient (Wildman–Crippen LogP) is 4.87. The number of halogens is 5. The number of ether oxygens (including phenoxy) is 1. The van der Waals surface area contributed by atoms with Crippen molar-refractivity contribution < 1.29 is 31.5 Å². The summed E-state index contributed by atoms with van der Waals surface area (Å²) in [5.41, 5.74) is 4.61. The Kier molecular flexibility index (Phi) is 6.39. The summed E-state index contributed by atoms with van der Waals surface area (Å²) in [6.07, 6.45) is -3.43. The molecule has 0 saturated carbocycles. The number of rotatable bonds is 7. The quantitative estimate of drug-likeness (QED) is 0.358. The Labute approximate surface area is 195 Å². The molecule has 7 nitrogen and oxygen atoms in total. The second-order valence-corrected chi connectivity index (χ2v) is 7.58. The maximum absolute atomic E-state index is 14.2. The molecule has 2 aromatic heterocycles. The van der Waals surface area contributed by atoms with Gasteiger partial charge in [0.05, 0.1) is 40.9 Å². The van der Waals surface area contributed by atoms with Gasteiger partial charge in [-0.25, -0.2) is 13.8 Å². The first-order chi connectivity index (χ1) is 16.5. The summed E-state index contributed by atoms with van der Waals surface area (Å²) in [4.78, 5) is 19.9. The highest BCUT2D eigenvalue weighted by Gasteiger charge is 2.35. The summed E-state index contributed by atoms with van der Waals surface area (Å²) in [5.74, 6) is -2.25. The van der Waals surface area contributed by atoms with Gasteiger partial charge in [0.15, 0.2) is 5.78 Å². The number of benzene rings is 2. The van der Waals surface area contributed by atoms with Crippen LogP contribution in [0.2, 0.25) is 0 Å². The smallest absolute Gasteiger partial charge is 0.419 e. The van der Waals surface area contributed by atoms with Crippen LogP contribution in [0.15, 0.2) is 48.7 Å². The summed E-state index contributed by atoms with van der Waals surface area (Å²) in [6, 6.07) is 8.59. The Morgan fingerprint density at radius 3 is 2.54 bits per heavy atom. The predicted molar refractivity (Wildman–Crippen MR) is 117 cm³/mol. The Bertz CT molecular complexity index is 1420. The summed E-state index contributed by atoms with van der Waals surface area (Å²) in [5, 5.41) is 2.49. The van der Waals surface area contributed by atoms with E-state index in [1.807, 2.05) is 0 Å². The molecule has 0 radical (unpaired) electrons. The fraction of sp³-hybridized carbons (Fsp3) is 0.174. The van der Waals surface area contributed by atoms with Crippen molar-refractivity contribution in [2.24, 2.45) is 12.8 Å². The number of Topliss-reactive ketones (excluding diaryl/α,β-unsaturated/α-hetero) is 1. The Hall–Kier alpha value is -4.06. The number of nitrogens with zero attached hydrogens (tertiary/aromatic N) is 3. The molecular weight excluding hydrogens is 473 g/mol. The van der Waals surface area contributed by atoms with E-state index in [9.17, 15) is 26.7 Å². The van der Waals surface area contributed by atoms with E-state index in [-0.39, 0.29) is 30.8 Å². The lowest BCUT2D eigenvalue weighted by Gasteiger charge is -2.12. The third kappa shape index (κ3) is 5.22. The average molecular weight is 491 g/mol. The van der Waals surface area contributed by atoms with Crippen molar-refractivity contribution in [1.82, 2.24) is 14.5 Å². The number of aromatic nitrogens is 3. The maximum Gasteiger partial charge on any atom is 0.419 e. The van der Waals surface area contributed by atoms with E-state index in [2.05, 4.69) is 15.3 Å². The monoisotopic (exact) mass is 491 g/mol. The van der Waals surface area contributed by atoms with Gasteiger partial charge in [0, 0.05) is 31.4 Å². The van der Waals surface area contributed by atoms with E-state index >= 15 is 0 Å². The molecule has 3 N–H and O–H groups in total. The van der Waals surface area contributed by atoms with Crippen molar-refractivity contribution in [2.45, 2.75) is 12.6 Å². The number of carbonyl (C=O) groups is 1. The number of imidazole rings is 1. The Morgan fingerprint density at radius 1 is 1.09 bits per heavy atom. The number of pyridine rings is 1. The minimum atomic E-state index is -4.99. The van der Waals surface area contributed by atoms with Gasteiger partial charge in [0.1, 0.15) is 23.1 Å². The van der Waals surface area contributed by atoms with Gasteiger partial charge in [-0.15, -0.1) is 0 Å². The number of fused-ring (bicyclic) bond motifs is 1. The first-order valence-electron chi connectivity index (χ1n) is 10.2. The summed E-state index contributed by atoms with van der Waals surface area (Å²) in [6.45, 7) is -0.0984. The normalized spacial score (nSPS) is 11.6. The molecule has 4 aromatic rings. The van der Waals surface area contributed by atoms with Crippen molar-refractivity contribution >= 4 is 28.5 Å². The topological polar surface area (TPSA) is 95.1 Å². The molecule has 0 amide bonds. The van der Waals surface area contributed by atoms with Crippen molar-refractivity contribution in [3.63, 3.8) is 0 Å². The molecule has 35 heavy (non-hydrogen) atoms. The molecule has 0 aliphatic rings. The zero-order valence-corrected chi connectivity index (χ0v) is 18.2. The number of nitrogens with two attached hydrogens (primary N) is 1. The minimum Gasteiger partial charge on any atom is -0.457 e. The van der Waals surface area contributed by atoms with E-state index in [1.54, 1.807) is 37.4 Å². The molecule has 0 atom stereocenters. The van der Waals surface area contributed by atoms with Crippen LogP contribution in [-0.4, -0.2) is 26.9 Å². The maximum atomic E-state index is 14.2. The lowest BCUT2D eigenvalue weighted by Crippen LogP contribution is -2.16. The van der Waals surface area contributed by atoms with Gasteiger partial charge in [-0.2, -0.15) is 13.2 Å². The van der Waals surface area contributed by atoms with Crippen molar-refractivity contribution in [3.8, 4) is 11.5 Å². The molecule has 2 aromatic carbocycles. The molecule has 0 spiro atoms. The van der Waals surface area contributed by atoms with Crippen LogP contribution in [0.3, 0.4) is 0 Å². The number of hydrogen-bond acceptors (Lipinski definition) is 6. The fourth-order valence-corrected chi connectivity index (χ4v) is 3.36. The van der Waals surface area contributed by atoms with Crippen LogP contribution in [0, 0.1) is 11.6 Å². The van der Waals surface area contributed by atoms with Crippen LogP contribution < -0.4 is 15.8 Å². The highest BCUT2D eigenvalue weighted by Crippen LogP contribution is 2.35. The van der Waals surface area contributed by atoms with Crippen molar-refractivity contribution in [3.05, 3.63) is 71.6 Å². The van der Waals surface area contributed by atoms with Crippen LogP contribution in [0.4, 0.5) is 33.6 Å². The van der Waals surface area contributed by atoms with Crippen molar-refractivity contribution in [2.75, 3.05) is 11.9 Å². The largest absolute Gasteiger partial charge is 0.457 e. The number of alkyl halides is 3. The molecule has 0 aliphatic heterocycles. The van der Waals surface area contributed by atoms with E-state index in [1.165, 1.54) is 10.8 Å². The van der Waals surface area contributed by atoms with Gasteiger partial charge < -0.3 is 20.4 Å². The van der Waals surface area contributed by atoms with E-state index < -0.39 is 29.1 Å². The van der Waals surface area contributed by atoms with Crippen LogP contribution in [0.5, 0.6) is 11.5 Å². The first-order valence-corrected chi connectivity index (χ1v) is 10.2. The number of anilines is 2. The summed E-state index contributed by atoms with van der Waals surface area (Å²) >= 11 is 0. The SMILES string of the molecule is Cn1c(Nc2cc(C(F)(F)F)c(F)cc2F)nc2cc(Oc3ccnc(CC(=O)CN)c3)ccc21. The second-order valence-electron chi connectivity index (χ2n) is 7.58. The second kappa shape index (κ2) is 9.29. The van der Waals surface area contributed by atoms with Gasteiger partial charge >= 0.3 is 6.18 Å². The molecule has 182 valence electrons. The lowest BCUT2D eigenvalue weighted by atomic mass is 10.1. The molecule has 0 fully saturated rings. The average Bonchev–Trinajstić information content (AvgIpc) is 3.09. The van der Waals surface area contributed by atoms with E-state index in [0.717, 1.165) is 0 Å². The van der Waals surface area contributed by atoms with E-state index in [4.69, 9.17) is 10.5 Å². The first kappa shape index (κ1) is 24.1. The highest BCUT2D eigenvalue weighted by molar-refractivity contribution is 5.82. The van der Waals surface area contributed by atoms with Gasteiger partial charge in [0.2, 0.25) is 5.95 Å². The van der Waals surface area contributed by atoms with Crippen LogP contribution >= 0.6 is 0 Å². The molecule has 0 saturated heterocycles. The molecule has 4 rings (SSSR count). The third-order valence-corrected chi connectivity index (χ3v) is 5.09. The van der Waals surface area contributed by atoms with Crippen LogP contribution in [-0.2, 0) is 24.4 Å². The number of aryl methyl sites for hydroxylation is 1. The highest BCUT2D eigenvalue weighted by atomic mass is 19.4. The van der Waals surface area contributed by atoms with E-state index in [0.29, 0.717) is 34.3 Å².